The van der Waals surface area contributed by atoms with Gasteiger partial charge in [0.1, 0.15) is 0 Å². The number of aliphatic hydroxyl groups excluding tert-OH is 1. The first-order valence-electron chi connectivity index (χ1n) is 10.9. The fourth-order valence-electron chi connectivity index (χ4n) is 5.23. The van der Waals surface area contributed by atoms with E-state index in [0.717, 1.165) is 19.4 Å². The Bertz CT molecular complexity index is 755. The highest BCUT2D eigenvalue weighted by molar-refractivity contribution is 6.99. The molecular weight excluding hydrogens is 372 g/mol. The van der Waals surface area contributed by atoms with Gasteiger partial charge in [0.15, 0.2) is 0 Å². The Kier molecular flexibility index (Phi) is 6.15. The molecule has 1 N–H and O–H groups in total. The molecule has 0 radical (unpaired) electrons. The van der Waals surface area contributed by atoms with Crippen LogP contribution in [0.5, 0.6) is 0 Å². The Morgan fingerprint density at radius 2 is 1.41 bits per heavy atom. The van der Waals surface area contributed by atoms with Gasteiger partial charge in [0, 0.05) is 13.2 Å². The highest BCUT2D eigenvalue weighted by atomic mass is 28.4. The van der Waals surface area contributed by atoms with Gasteiger partial charge in [-0.05, 0) is 45.0 Å². The summed E-state index contributed by atoms with van der Waals surface area (Å²) in [5, 5.41) is 12.7. The first-order chi connectivity index (χ1) is 13.6. The molecule has 0 bridgehead atoms. The standard InChI is InChI=1S/C26H38O2Si/c1-24(2,3)29(22-13-9-7-10-14-22,23-15-11-8-12-16-23)28-19-21-17-18-26(6,20-27)25(21,4)5/h7-16,21,27H,17-20H2,1-6H3. The molecule has 3 rings (SSSR count). The maximum atomic E-state index is 10.1. The summed E-state index contributed by atoms with van der Waals surface area (Å²) in [6.07, 6.45) is 2.17. The van der Waals surface area contributed by atoms with Crippen LogP contribution in [-0.4, -0.2) is 26.6 Å². The smallest absolute Gasteiger partial charge is 0.261 e. The second-order valence-corrected chi connectivity index (χ2v) is 15.0. The minimum Gasteiger partial charge on any atom is -0.407 e. The van der Waals surface area contributed by atoms with Crippen LogP contribution in [0.4, 0.5) is 0 Å². The zero-order chi connectivity index (χ0) is 21.3. The molecule has 158 valence electrons. The summed E-state index contributed by atoms with van der Waals surface area (Å²) in [4.78, 5) is 0. The third-order valence-corrected chi connectivity index (χ3v) is 12.9. The summed E-state index contributed by atoms with van der Waals surface area (Å²) in [5.74, 6) is 0.446. The molecule has 2 nitrogen and oxygen atoms in total. The summed E-state index contributed by atoms with van der Waals surface area (Å²) in [7, 11) is -2.50. The van der Waals surface area contributed by atoms with E-state index in [1.165, 1.54) is 10.4 Å². The zero-order valence-electron chi connectivity index (χ0n) is 19.0. The summed E-state index contributed by atoms with van der Waals surface area (Å²) >= 11 is 0. The summed E-state index contributed by atoms with van der Waals surface area (Å²) in [5.41, 5.74) is 0.0135. The van der Waals surface area contributed by atoms with Crippen LogP contribution in [0.25, 0.3) is 0 Å². The first-order valence-corrected chi connectivity index (χ1v) is 12.9. The lowest BCUT2D eigenvalue weighted by Gasteiger charge is -2.46. The number of rotatable bonds is 6. The van der Waals surface area contributed by atoms with Crippen LogP contribution < -0.4 is 10.4 Å². The molecule has 2 aromatic carbocycles. The quantitative estimate of drug-likeness (QED) is 0.679. The van der Waals surface area contributed by atoms with Crippen molar-refractivity contribution in [1.82, 2.24) is 0 Å². The van der Waals surface area contributed by atoms with Gasteiger partial charge >= 0.3 is 0 Å². The molecule has 0 aromatic heterocycles. The van der Waals surface area contributed by atoms with E-state index < -0.39 is 8.32 Å². The molecule has 2 aromatic rings. The molecule has 2 atom stereocenters. The van der Waals surface area contributed by atoms with Gasteiger partial charge in [-0.2, -0.15) is 0 Å². The minimum absolute atomic E-state index is 0.00125. The molecule has 1 aliphatic rings. The number of hydrogen-bond acceptors (Lipinski definition) is 2. The Labute approximate surface area is 178 Å². The van der Waals surface area contributed by atoms with Crippen molar-refractivity contribution < 1.29 is 9.53 Å². The molecule has 0 heterocycles. The third kappa shape index (κ3) is 3.73. The maximum absolute atomic E-state index is 10.1. The average molecular weight is 411 g/mol. The third-order valence-electron chi connectivity index (χ3n) is 7.89. The monoisotopic (exact) mass is 410 g/mol. The van der Waals surface area contributed by atoms with Gasteiger partial charge in [-0.15, -0.1) is 0 Å². The molecule has 2 unspecified atom stereocenters. The Balaban J connectivity index is 2.03. The number of hydrogen-bond donors (Lipinski definition) is 1. The average Bonchev–Trinajstić information content (AvgIpc) is 2.93. The maximum Gasteiger partial charge on any atom is 0.261 e. The summed E-state index contributed by atoms with van der Waals surface area (Å²) in [6, 6.07) is 21.7. The lowest BCUT2D eigenvalue weighted by atomic mass is 9.66. The van der Waals surface area contributed by atoms with E-state index in [1.807, 2.05) is 0 Å². The van der Waals surface area contributed by atoms with E-state index in [0.29, 0.717) is 5.92 Å². The summed E-state index contributed by atoms with van der Waals surface area (Å²) in [6.45, 7) is 14.8. The van der Waals surface area contributed by atoms with Gasteiger partial charge in [-0.1, -0.05) is 102 Å². The Morgan fingerprint density at radius 1 is 0.931 bits per heavy atom. The van der Waals surface area contributed by atoms with Crippen molar-refractivity contribution in [3.63, 3.8) is 0 Å². The predicted octanol–water partition coefficient (Wildman–Crippen LogP) is 5.00. The lowest BCUT2D eigenvalue weighted by molar-refractivity contribution is 0.0124. The van der Waals surface area contributed by atoms with E-state index in [1.54, 1.807) is 0 Å². The predicted molar refractivity (Wildman–Crippen MR) is 125 cm³/mol. The zero-order valence-corrected chi connectivity index (χ0v) is 20.0. The highest BCUT2D eigenvalue weighted by Crippen LogP contribution is 2.56. The molecular formula is C26H38O2Si. The summed E-state index contributed by atoms with van der Waals surface area (Å²) < 4.78 is 7.18. The van der Waals surface area contributed by atoms with Crippen molar-refractivity contribution in [2.24, 2.45) is 16.7 Å². The van der Waals surface area contributed by atoms with E-state index in [4.69, 9.17) is 4.43 Å². The number of aliphatic hydroxyl groups is 1. The topological polar surface area (TPSA) is 29.5 Å². The van der Waals surface area contributed by atoms with E-state index in [-0.39, 0.29) is 22.5 Å². The Morgan fingerprint density at radius 3 is 1.79 bits per heavy atom. The van der Waals surface area contributed by atoms with Gasteiger partial charge in [0.05, 0.1) is 0 Å². The van der Waals surface area contributed by atoms with Gasteiger partial charge in [-0.25, -0.2) is 0 Å². The second kappa shape index (κ2) is 8.01. The largest absolute Gasteiger partial charge is 0.407 e. The van der Waals surface area contributed by atoms with E-state index >= 15 is 0 Å². The molecule has 0 amide bonds. The van der Waals surface area contributed by atoms with Crippen molar-refractivity contribution in [2.75, 3.05) is 13.2 Å². The van der Waals surface area contributed by atoms with Crippen molar-refractivity contribution >= 4 is 18.7 Å². The second-order valence-electron chi connectivity index (χ2n) is 10.7. The lowest BCUT2D eigenvalue weighted by Crippen LogP contribution is -2.67. The van der Waals surface area contributed by atoms with Crippen molar-refractivity contribution in [2.45, 2.75) is 59.4 Å². The molecule has 1 saturated carbocycles. The molecule has 0 saturated heterocycles. The molecule has 29 heavy (non-hydrogen) atoms. The normalized spacial score (nSPS) is 24.6. The Hall–Kier alpha value is -1.42. The van der Waals surface area contributed by atoms with E-state index in [9.17, 15) is 5.11 Å². The van der Waals surface area contributed by atoms with Gasteiger partial charge in [0.25, 0.3) is 8.32 Å². The molecule has 1 aliphatic carbocycles. The van der Waals surface area contributed by atoms with Crippen LogP contribution in [0.2, 0.25) is 5.04 Å². The minimum atomic E-state index is -2.50. The van der Waals surface area contributed by atoms with Crippen LogP contribution >= 0.6 is 0 Å². The van der Waals surface area contributed by atoms with Crippen molar-refractivity contribution in [3.8, 4) is 0 Å². The highest BCUT2D eigenvalue weighted by Gasteiger charge is 2.54. The molecule has 0 aliphatic heterocycles. The van der Waals surface area contributed by atoms with Crippen LogP contribution in [0.1, 0.15) is 54.4 Å². The van der Waals surface area contributed by atoms with Gasteiger partial charge in [0.2, 0.25) is 0 Å². The van der Waals surface area contributed by atoms with Crippen LogP contribution in [0.15, 0.2) is 60.7 Å². The van der Waals surface area contributed by atoms with Crippen LogP contribution in [0.3, 0.4) is 0 Å². The van der Waals surface area contributed by atoms with Crippen molar-refractivity contribution in [3.05, 3.63) is 60.7 Å². The fourth-order valence-corrected chi connectivity index (χ4v) is 9.84. The first kappa shape index (κ1) is 22.3. The van der Waals surface area contributed by atoms with Crippen LogP contribution in [0, 0.1) is 16.7 Å². The molecule has 3 heteroatoms. The van der Waals surface area contributed by atoms with E-state index in [2.05, 4.69) is 102 Å². The SMILES string of the molecule is CC1(CO)CCC(CO[Si](c2ccccc2)(c2ccccc2)C(C)(C)C)C1(C)C. The van der Waals surface area contributed by atoms with Gasteiger partial charge in [-0.3, -0.25) is 0 Å². The van der Waals surface area contributed by atoms with Gasteiger partial charge < -0.3 is 9.53 Å². The number of benzene rings is 2. The molecule has 0 spiro atoms. The van der Waals surface area contributed by atoms with Crippen molar-refractivity contribution in [1.29, 1.82) is 0 Å². The van der Waals surface area contributed by atoms with Crippen LogP contribution in [-0.2, 0) is 4.43 Å². The molecule has 1 fully saturated rings. The fraction of sp³-hybridized carbons (Fsp3) is 0.538.